The van der Waals surface area contributed by atoms with Gasteiger partial charge in [-0.05, 0) is 30.7 Å². The third kappa shape index (κ3) is 6.34. The van der Waals surface area contributed by atoms with Crippen LogP contribution in [0.3, 0.4) is 0 Å². The zero-order valence-corrected chi connectivity index (χ0v) is 18.7. The highest BCUT2D eigenvalue weighted by atomic mass is 19.3. The number of hydrogen-bond donors (Lipinski definition) is 0. The van der Waals surface area contributed by atoms with E-state index in [1.54, 1.807) is 29.2 Å². The second kappa shape index (κ2) is 11.8. The summed E-state index contributed by atoms with van der Waals surface area (Å²) in [4.78, 5) is 28.5. The van der Waals surface area contributed by atoms with E-state index in [4.69, 9.17) is 14.7 Å². The van der Waals surface area contributed by atoms with E-state index in [9.17, 15) is 18.4 Å². The van der Waals surface area contributed by atoms with E-state index < -0.39 is 12.5 Å². The van der Waals surface area contributed by atoms with Gasteiger partial charge in [-0.15, -0.1) is 0 Å². The molecule has 8 nitrogen and oxygen atoms in total. The Morgan fingerprint density at radius 2 is 1.74 bits per heavy atom. The fourth-order valence-corrected chi connectivity index (χ4v) is 3.59. The average molecular weight is 473 g/mol. The van der Waals surface area contributed by atoms with E-state index in [0.29, 0.717) is 56.3 Å². The highest BCUT2D eigenvalue weighted by molar-refractivity contribution is 5.97. The lowest BCUT2D eigenvalue weighted by Crippen LogP contribution is -2.50. The van der Waals surface area contributed by atoms with Crippen molar-refractivity contribution in [3.8, 4) is 23.3 Å². The molecule has 0 saturated carbocycles. The molecule has 0 bridgehead atoms. The number of benzene rings is 2. The highest BCUT2D eigenvalue weighted by Crippen LogP contribution is 2.28. The molecule has 0 N–H and O–H groups in total. The van der Waals surface area contributed by atoms with Crippen molar-refractivity contribution in [1.29, 1.82) is 5.26 Å². The van der Waals surface area contributed by atoms with Crippen molar-refractivity contribution in [1.82, 2.24) is 9.80 Å². The van der Waals surface area contributed by atoms with Crippen LogP contribution in [0.4, 0.5) is 8.78 Å². The molecule has 34 heavy (non-hydrogen) atoms. The maximum absolute atomic E-state index is 12.8. The first-order valence-electron chi connectivity index (χ1n) is 10.7. The Bertz CT molecular complexity index is 1050. The second-order valence-corrected chi connectivity index (χ2v) is 7.48. The minimum atomic E-state index is -3.02. The molecule has 0 radical (unpaired) electrons. The number of carbonyl (C=O) groups excluding carboxylic acids is 2. The monoisotopic (exact) mass is 473 g/mol. The molecule has 1 aliphatic rings. The molecule has 2 amide bonds. The summed E-state index contributed by atoms with van der Waals surface area (Å²) in [6.07, 6.45) is 0.761. The summed E-state index contributed by atoms with van der Waals surface area (Å²) >= 11 is 0. The Hall–Kier alpha value is -3.87. The molecule has 1 aliphatic heterocycles. The van der Waals surface area contributed by atoms with Crippen molar-refractivity contribution >= 4 is 11.8 Å². The van der Waals surface area contributed by atoms with Gasteiger partial charge in [0, 0.05) is 38.7 Å². The third-order valence-corrected chi connectivity index (χ3v) is 5.34. The van der Waals surface area contributed by atoms with Gasteiger partial charge in [-0.1, -0.05) is 12.1 Å². The number of amides is 2. The van der Waals surface area contributed by atoms with Crippen molar-refractivity contribution < 1.29 is 32.6 Å². The van der Waals surface area contributed by atoms with Crippen molar-refractivity contribution in [2.75, 3.05) is 39.9 Å². The Kier molecular flexibility index (Phi) is 8.62. The topological polar surface area (TPSA) is 92.1 Å². The molecule has 1 saturated heterocycles. The molecular weight excluding hydrogens is 448 g/mol. The fourth-order valence-electron chi connectivity index (χ4n) is 3.59. The highest BCUT2D eigenvalue weighted by Gasteiger charge is 2.26. The van der Waals surface area contributed by atoms with Crippen LogP contribution >= 0.6 is 0 Å². The minimum absolute atomic E-state index is 0.0519. The van der Waals surface area contributed by atoms with Gasteiger partial charge in [-0.2, -0.15) is 14.0 Å². The molecule has 0 atom stereocenters. The van der Waals surface area contributed by atoms with E-state index in [1.807, 2.05) is 6.07 Å². The first kappa shape index (κ1) is 24.8. The zero-order chi connectivity index (χ0) is 24.5. The van der Waals surface area contributed by atoms with Crippen molar-refractivity contribution in [2.24, 2.45) is 0 Å². The van der Waals surface area contributed by atoms with Crippen LogP contribution in [-0.4, -0.2) is 68.1 Å². The van der Waals surface area contributed by atoms with E-state index in [2.05, 4.69) is 4.74 Å². The van der Waals surface area contributed by atoms with Gasteiger partial charge in [0.25, 0.3) is 5.91 Å². The summed E-state index contributed by atoms with van der Waals surface area (Å²) in [5, 5.41) is 8.95. The molecule has 180 valence electrons. The third-order valence-electron chi connectivity index (χ3n) is 5.34. The van der Waals surface area contributed by atoms with Gasteiger partial charge in [-0.3, -0.25) is 9.59 Å². The number of rotatable bonds is 9. The first-order chi connectivity index (χ1) is 16.4. The number of alkyl halides is 2. The van der Waals surface area contributed by atoms with Gasteiger partial charge < -0.3 is 24.0 Å². The van der Waals surface area contributed by atoms with Gasteiger partial charge in [0.2, 0.25) is 5.91 Å². The predicted molar refractivity (Wildman–Crippen MR) is 118 cm³/mol. The maximum atomic E-state index is 12.8. The lowest BCUT2D eigenvalue weighted by molar-refractivity contribution is -0.132. The van der Waals surface area contributed by atoms with Gasteiger partial charge in [-0.25, -0.2) is 0 Å². The fraction of sp³-hybridized carbons (Fsp3) is 0.375. The Labute approximate surface area is 196 Å². The van der Waals surface area contributed by atoms with E-state index in [0.717, 1.165) is 0 Å². The van der Waals surface area contributed by atoms with Crippen molar-refractivity contribution in [2.45, 2.75) is 19.5 Å². The Balaban J connectivity index is 1.45. The first-order valence-corrected chi connectivity index (χ1v) is 10.7. The minimum Gasteiger partial charge on any atom is -0.493 e. The number of hydrogen-bond acceptors (Lipinski definition) is 6. The summed E-state index contributed by atoms with van der Waals surface area (Å²) in [5.41, 5.74) is 0.528. The summed E-state index contributed by atoms with van der Waals surface area (Å²) in [6, 6.07) is 12.8. The normalized spacial score (nSPS) is 13.4. The summed E-state index contributed by atoms with van der Waals surface area (Å²) in [6.45, 7) is -1.42. The lowest BCUT2D eigenvalue weighted by atomic mass is 10.1. The van der Waals surface area contributed by atoms with Crippen molar-refractivity contribution in [3.05, 3.63) is 53.6 Å². The summed E-state index contributed by atoms with van der Waals surface area (Å²) < 4.78 is 40.6. The molecule has 1 heterocycles. The summed E-state index contributed by atoms with van der Waals surface area (Å²) in [7, 11) is 1.49. The summed E-state index contributed by atoms with van der Waals surface area (Å²) in [5.74, 6) is 0.320. The number of nitrogens with zero attached hydrogens (tertiary/aromatic N) is 3. The molecule has 3 rings (SSSR count). The van der Waals surface area contributed by atoms with Gasteiger partial charge in [0.1, 0.15) is 5.75 Å². The van der Waals surface area contributed by atoms with Crippen LogP contribution < -0.4 is 14.2 Å². The largest absolute Gasteiger partial charge is 0.493 e. The molecule has 0 aliphatic carbocycles. The van der Waals surface area contributed by atoms with E-state index in [-0.39, 0.29) is 23.6 Å². The standard InChI is InChI=1S/C24H25F2N3O5/c1-32-21-15-17(16-27)8-9-20(21)33-14-4-7-22(30)28-10-12-29(13-11-28)23(31)18-5-2-3-6-19(18)34-24(25)26/h2-3,5-6,8-9,15,24H,4,7,10-14H2,1H3. The molecule has 2 aromatic carbocycles. The van der Waals surface area contributed by atoms with Crippen molar-refractivity contribution in [3.63, 3.8) is 0 Å². The van der Waals surface area contributed by atoms with E-state index in [1.165, 1.54) is 30.2 Å². The second-order valence-electron chi connectivity index (χ2n) is 7.48. The average Bonchev–Trinajstić information content (AvgIpc) is 2.86. The number of nitriles is 1. The number of ether oxygens (including phenoxy) is 3. The van der Waals surface area contributed by atoms with Crippen LogP contribution in [0.25, 0.3) is 0 Å². The van der Waals surface area contributed by atoms with Gasteiger partial charge in [0.05, 0.1) is 30.9 Å². The van der Waals surface area contributed by atoms with E-state index >= 15 is 0 Å². The predicted octanol–water partition coefficient (Wildman–Crippen LogP) is 3.31. The molecule has 10 heteroatoms. The number of para-hydroxylation sites is 1. The molecule has 0 aromatic heterocycles. The molecule has 1 fully saturated rings. The zero-order valence-electron chi connectivity index (χ0n) is 18.7. The Morgan fingerprint density at radius 1 is 1.03 bits per heavy atom. The van der Waals surface area contributed by atoms with Gasteiger partial charge >= 0.3 is 6.61 Å². The quantitative estimate of drug-likeness (QED) is 0.519. The molecule has 2 aromatic rings. The van der Waals surface area contributed by atoms with Crippen LogP contribution in [0.15, 0.2) is 42.5 Å². The lowest BCUT2D eigenvalue weighted by Gasteiger charge is -2.35. The number of carbonyl (C=O) groups is 2. The van der Waals surface area contributed by atoms with Crippen LogP contribution in [0.2, 0.25) is 0 Å². The number of methoxy groups -OCH3 is 1. The molecule has 0 spiro atoms. The number of halogens is 2. The molecular formula is C24H25F2N3O5. The SMILES string of the molecule is COc1cc(C#N)ccc1OCCCC(=O)N1CCN(C(=O)c2ccccc2OC(F)F)CC1. The van der Waals surface area contributed by atoms with Crippen LogP contribution in [-0.2, 0) is 4.79 Å². The van der Waals surface area contributed by atoms with Crippen LogP contribution in [0, 0.1) is 11.3 Å². The maximum Gasteiger partial charge on any atom is 0.387 e. The van der Waals surface area contributed by atoms with Gasteiger partial charge in [0.15, 0.2) is 11.5 Å². The Morgan fingerprint density at radius 3 is 2.41 bits per heavy atom. The number of piperazine rings is 1. The molecule has 0 unspecified atom stereocenters. The van der Waals surface area contributed by atoms with Crippen LogP contribution in [0.1, 0.15) is 28.8 Å². The smallest absolute Gasteiger partial charge is 0.387 e. The van der Waals surface area contributed by atoms with Crippen LogP contribution in [0.5, 0.6) is 17.2 Å².